The Kier molecular flexibility index (Phi) is 17.3. The number of nitrogens with zero attached hydrogens (tertiary/aromatic N) is 4. The van der Waals surface area contributed by atoms with E-state index in [9.17, 15) is 14.4 Å². The van der Waals surface area contributed by atoms with Crippen molar-refractivity contribution >= 4 is 17.9 Å². The zero-order chi connectivity index (χ0) is 43.1. The average molecular weight is 839 g/mol. The summed E-state index contributed by atoms with van der Waals surface area (Å²) in [6, 6.07) is 23.2. The predicted octanol–water partition coefficient (Wildman–Crippen LogP) is 6.50. The zero-order valence-corrected chi connectivity index (χ0v) is 37.3. The third-order valence-corrected chi connectivity index (χ3v) is 12.4. The van der Waals surface area contributed by atoms with Gasteiger partial charge in [0.15, 0.2) is 6.61 Å². The van der Waals surface area contributed by atoms with Crippen molar-refractivity contribution in [2.45, 2.75) is 116 Å². The molecule has 3 aliphatic heterocycles. The van der Waals surface area contributed by atoms with Crippen LogP contribution < -0.4 is 20.1 Å². The Bertz CT molecular complexity index is 1830. The van der Waals surface area contributed by atoms with Gasteiger partial charge in [0, 0.05) is 88.9 Å². The molecule has 0 aromatic heterocycles. The van der Waals surface area contributed by atoms with Crippen molar-refractivity contribution in [3.05, 3.63) is 94.5 Å². The Morgan fingerprint density at radius 3 is 2.21 bits per heavy atom. The van der Waals surface area contributed by atoms with Crippen LogP contribution in [0.4, 0.5) is 4.79 Å². The van der Waals surface area contributed by atoms with Gasteiger partial charge in [0.25, 0.3) is 5.91 Å². The first-order valence-electron chi connectivity index (χ1n) is 22.6. The smallest absolute Gasteiger partial charge is 0.317 e. The summed E-state index contributed by atoms with van der Waals surface area (Å²) in [6.07, 6.45) is 7.93. The van der Waals surface area contributed by atoms with Gasteiger partial charge in [0.1, 0.15) is 17.6 Å². The van der Waals surface area contributed by atoms with E-state index in [-0.39, 0.29) is 43.1 Å². The molecule has 2 atom stereocenters. The summed E-state index contributed by atoms with van der Waals surface area (Å²) in [6.45, 7) is 15.6. The number of carbonyl (C=O) groups is 3. The van der Waals surface area contributed by atoms with Gasteiger partial charge >= 0.3 is 12.0 Å². The molecule has 332 valence electrons. The van der Waals surface area contributed by atoms with Gasteiger partial charge in [-0.25, -0.2) is 4.79 Å². The number of hydrogen-bond donors (Lipinski definition) is 2. The van der Waals surface area contributed by atoms with Crippen LogP contribution in [0.25, 0.3) is 0 Å². The van der Waals surface area contributed by atoms with Crippen LogP contribution in [0.2, 0.25) is 0 Å². The van der Waals surface area contributed by atoms with E-state index in [0.29, 0.717) is 44.0 Å². The fraction of sp³-hybridized carbons (Fsp3) is 0.571. The van der Waals surface area contributed by atoms with Crippen molar-refractivity contribution in [2.75, 3.05) is 66.1 Å². The van der Waals surface area contributed by atoms with E-state index >= 15 is 0 Å². The number of esters is 1. The van der Waals surface area contributed by atoms with Crippen LogP contribution in [-0.4, -0.2) is 128 Å². The summed E-state index contributed by atoms with van der Waals surface area (Å²) < 4.78 is 17.4. The standard InChI is InChI=1S/C49H70N6O6/c1-36(2)51-49(58)54(34-40-14-11-37(3)12-15-40)28-25-52-23-26-53(27-24-52)47(56)35-60-44-18-16-39(17-19-44)33-50-21-6-7-22-55-42-9-8-10-43(55)32-45(31-42)61-48(57)30-41-29-38(4)13-20-46(41)59-5/h11-20,29,36,42-43,45,50H,6-10,21-28,30-35H2,1-5H3,(H,51,58). The first-order chi connectivity index (χ1) is 29.5. The van der Waals surface area contributed by atoms with Gasteiger partial charge in [-0.05, 0) is 95.8 Å². The molecule has 12 nitrogen and oxygen atoms in total. The summed E-state index contributed by atoms with van der Waals surface area (Å²) in [5.41, 5.74) is 5.48. The maximum absolute atomic E-state index is 13.0. The fourth-order valence-corrected chi connectivity index (χ4v) is 9.02. The van der Waals surface area contributed by atoms with Gasteiger partial charge in [-0.1, -0.05) is 66.1 Å². The van der Waals surface area contributed by atoms with Crippen molar-refractivity contribution < 1.29 is 28.6 Å². The molecule has 0 radical (unpaired) electrons. The minimum Gasteiger partial charge on any atom is -0.496 e. The van der Waals surface area contributed by atoms with Gasteiger partial charge in [-0.3, -0.25) is 19.4 Å². The van der Waals surface area contributed by atoms with Crippen molar-refractivity contribution in [2.24, 2.45) is 0 Å². The van der Waals surface area contributed by atoms with Gasteiger partial charge in [-0.15, -0.1) is 0 Å². The number of amides is 3. The van der Waals surface area contributed by atoms with Crippen LogP contribution in [0.3, 0.4) is 0 Å². The van der Waals surface area contributed by atoms with Crippen LogP contribution in [0.5, 0.6) is 11.5 Å². The number of hydrogen-bond acceptors (Lipinski definition) is 9. The molecular weight excluding hydrogens is 769 g/mol. The number of unbranched alkanes of at least 4 members (excludes halogenated alkanes) is 1. The van der Waals surface area contributed by atoms with E-state index in [1.807, 2.05) is 60.9 Å². The Morgan fingerprint density at radius 2 is 1.52 bits per heavy atom. The van der Waals surface area contributed by atoms with E-state index in [1.165, 1.54) is 30.4 Å². The normalized spacial score (nSPS) is 19.4. The van der Waals surface area contributed by atoms with Crippen molar-refractivity contribution in [3.63, 3.8) is 0 Å². The van der Waals surface area contributed by atoms with E-state index < -0.39 is 0 Å². The Hall–Kier alpha value is -4.65. The molecule has 0 aliphatic carbocycles. The van der Waals surface area contributed by atoms with Gasteiger partial charge < -0.3 is 34.6 Å². The first-order valence-corrected chi connectivity index (χ1v) is 22.6. The SMILES string of the molecule is COc1ccc(C)cc1CC(=O)OC1CC2CCCC(C1)N2CCCCNCc1ccc(OCC(=O)N2CCN(CCN(Cc3ccc(C)cc3)C(=O)NC(C)C)CC2)cc1. The molecule has 12 heteroatoms. The second-order valence-electron chi connectivity index (χ2n) is 17.6. The molecule has 6 rings (SSSR count). The third kappa shape index (κ3) is 14.2. The van der Waals surface area contributed by atoms with Crippen LogP contribution in [0.1, 0.15) is 86.6 Å². The highest BCUT2D eigenvalue weighted by molar-refractivity contribution is 5.78. The molecule has 0 spiro atoms. The summed E-state index contributed by atoms with van der Waals surface area (Å²) in [4.78, 5) is 47.7. The van der Waals surface area contributed by atoms with E-state index in [1.54, 1.807) is 7.11 Å². The number of methoxy groups -OCH3 is 1. The lowest BCUT2D eigenvalue weighted by Crippen LogP contribution is -2.54. The summed E-state index contributed by atoms with van der Waals surface area (Å²) >= 11 is 0. The maximum Gasteiger partial charge on any atom is 0.317 e. The van der Waals surface area contributed by atoms with Crippen LogP contribution >= 0.6 is 0 Å². The van der Waals surface area contributed by atoms with Crippen molar-refractivity contribution in [1.29, 1.82) is 0 Å². The number of urea groups is 1. The topological polar surface area (TPSA) is 116 Å². The minimum absolute atomic E-state index is 0.00518. The molecule has 3 aromatic carbocycles. The lowest BCUT2D eigenvalue weighted by Gasteiger charge is -2.48. The van der Waals surface area contributed by atoms with Gasteiger partial charge in [0.2, 0.25) is 0 Å². The quantitative estimate of drug-likeness (QED) is 0.0973. The molecule has 2 bridgehead atoms. The number of piperidine rings is 2. The molecule has 2 N–H and O–H groups in total. The largest absolute Gasteiger partial charge is 0.496 e. The number of nitrogens with one attached hydrogen (secondary N) is 2. The maximum atomic E-state index is 13.0. The average Bonchev–Trinajstić information content (AvgIpc) is 3.24. The molecule has 3 fully saturated rings. The third-order valence-electron chi connectivity index (χ3n) is 12.4. The van der Waals surface area contributed by atoms with Crippen LogP contribution in [-0.2, 0) is 33.8 Å². The van der Waals surface area contributed by atoms with Crippen LogP contribution in [0.15, 0.2) is 66.7 Å². The molecule has 3 saturated heterocycles. The fourth-order valence-electron chi connectivity index (χ4n) is 9.02. The Labute approximate surface area is 364 Å². The van der Waals surface area contributed by atoms with Gasteiger partial charge in [-0.2, -0.15) is 0 Å². The molecule has 3 amide bonds. The number of ether oxygens (including phenoxy) is 3. The number of piperazine rings is 1. The minimum atomic E-state index is -0.162. The lowest BCUT2D eigenvalue weighted by atomic mass is 9.82. The number of rotatable bonds is 20. The van der Waals surface area contributed by atoms with E-state index in [4.69, 9.17) is 14.2 Å². The number of fused-ring (bicyclic) bond motifs is 2. The highest BCUT2D eigenvalue weighted by atomic mass is 16.5. The summed E-state index contributed by atoms with van der Waals surface area (Å²) in [5.74, 6) is 1.26. The molecule has 3 aromatic rings. The molecule has 61 heavy (non-hydrogen) atoms. The number of benzene rings is 3. The number of aryl methyl sites for hydroxylation is 2. The summed E-state index contributed by atoms with van der Waals surface area (Å²) in [5, 5.41) is 6.64. The number of carbonyl (C=O) groups excluding carboxylic acids is 3. The molecule has 3 aliphatic rings. The Balaban J connectivity index is 0.828. The molecule has 3 heterocycles. The van der Waals surface area contributed by atoms with Crippen LogP contribution in [0, 0.1) is 13.8 Å². The van der Waals surface area contributed by atoms with E-state index in [2.05, 4.69) is 63.8 Å². The second-order valence-corrected chi connectivity index (χ2v) is 17.6. The molecule has 2 unspecified atom stereocenters. The molecular formula is C49H70N6O6. The molecule has 0 saturated carbocycles. The highest BCUT2D eigenvalue weighted by Crippen LogP contribution is 2.36. The first kappa shape index (κ1) is 45.9. The van der Waals surface area contributed by atoms with Crippen molar-refractivity contribution in [3.8, 4) is 11.5 Å². The van der Waals surface area contributed by atoms with Crippen molar-refractivity contribution in [1.82, 2.24) is 30.2 Å². The highest BCUT2D eigenvalue weighted by Gasteiger charge is 2.39. The Morgan fingerprint density at radius 1 is 0.836 bits per heavy atom. The van der Waals surface area contributed by atoms with Gasteiger partial charge in [0.05, 0.1) is 13.5 Å². The lowest BCUT2D eigenvalue weighted by molar-refractivity contribution is -0.154. The monoisotopic (exact) mass is 839 g/mol. The summed E-state index contributed by atoms with van der Waals surface area (Å²) in [7, 11) is 1.64. The predicted molar refractivity (Wildman–Crippen MR) is 240 cm³/mol. The zero-order valence-electron chi connectivity index (χ0n) is 37.3. The van der Waals surface area contributed by atoms with E-state index in [0.717, 1.165) is 87.4 Å². The second kappa shape index (κ2) is 23.0.